The highest BCUT2D eigenvalue weighted by atomic mass is 19.1. The number of amides is 1. The van der Waals surface area contributed by atoms with Crippen molar-refractivity contribution >= 4 is 5.91 Å². The van der Waals surface area contributed by atoms with Crippen LogP contribution < -0.4 is 15.8 Å². The van der Waals surface area contributed by atoms with Gasteiger partial charge in [-0.3, -0.25) is 4.79 Å². The summed E-state index contributed by atoms with van der Waals surface area (Å²) in [5.74, 6) is -1.45. The number of primary amides is 1. The fourth-order valence-electron chi connectivity index (χ4n) is 3.47. The van der Waals surface area contributed by atoms with Crippen molar-refractivity contribution in [2.24, 2.45) is 5.73 Å². The van der Waals surface area contributed by atoms with Gasteiger partial charge in [0.05, 0.1) is 11.2 Å². The van der Waals surface area contributed by atoms with Gasteiger partial charge in [-0.15, -0.1) is 0 Å². The molecule has 0 heterocycles. The third-order valence-electron chi connectivity index (χ3n) is 5.03. The molecule has 2 aromatic carbocycles. The van der Waals surface area contributed by atoms with Gasteiger partial charge >= 0.3 is 0 Å². The van der Waals surface area contributed by atoms with Crippen molar-refractivity contribution in [1.29, 1.82) is 0 Å². The van der Waals surface area contributed by atoms with Crippen LogP contribution in [0.3, 0.4) is 0 Å². The first-order valence-electron chi connectivity index (χ1n) is 9.38. The Morgan fingerprint density at radius 2 is 1.93 bits per heavy atom. The van der Waals surface area contributed by atoms with Gasteiger partial charge in [0, 0.05) is 19.2 Å². The highest BCUT2D eigenvalue weighted by molar-refractivity contribution is 5.95. The van der Waals surface area contributed by atoms with Gasteiger partial charge in [0.2, 0.25) is 0 Å². The molecule has 5 N–H and O–H groups in total. The molecule has 2 aromatic rings. The summed E-state index contributed by atoms with van der Waals surface area (Å²) in [7, 11) is 0. The number of aromatic hydroxyl groups is 1. The third-order valence-corrected chi connectivity index (χ3v) is 5.03. The zero-order valence-electron chi connectivity index (χ0n) is 15.6. The number of rotatable bonds is 7. The first kappa shape index (κ1) is 20.1. The molecule has 7 heteroatoms. The standard InChI is InChI=1S/C21H25FN2O4/c22-17-10-14(12-24-13-21(27)8-2-1-3-9-21)4-7-19(17)28-15-5-6-16(20(23)26)18(25)11-15/h4-7,10-11,24-25,27H,1-3,8-9,12-13H2,(H2,23,26). The lowest BCUT2D eigenvalue weighted by atomic mass is 9.85. The van der Waals surface area contributed by atoms with E-state index in [0.29, 0.717) is 13.1 Å². The van der Waals surface area contributed by atoms with Gasteiger partial charge in [-0.2, -0.15) is 0 Å². The molecule has 0 atom stereocenters. The zero-order chi connectivity index (χ0) is 20.1. The summed E-state index contributed by atoms with van der Waals surface area (Å²) in [6.45, 7) is 0.923. The Bertz CT molecular complexity index is 850. The second-order valence-electron chi connectivity index (χ2n) is 7.30. The molecule has 0 radical (unpaired) electrons. The maximum atomic E-state index is 14.4. The molecule has 1 aliphatic rings. The number of aliphatic hydroxyl groups is 1. The van der Waals surface area contributed by atoms with E-state index in [1.54, 1.807) is 6.07 Å². The molecule has 0 bridgehead atoms. The number of nitrogens with two attached hydrogens (primary N) is 1. The highest BCUT2D eigenvalue weighted by Gasteiger charge is 2.28. The molecule has 1 saturated carbocycles. The molecule has 150 valence electrons. The van der Waals surface area contributed by atoms with Gasteiger partial charge < -0.3 is 26.0 Å². The number of benzene rings is 2. The van der Waals surface area contributed by atoms with Crippen LogP contribution in [0.15, 0.2) is 36.4 Å². The van der Waals surface area contributed by atoms with Crippen LogP contribution >= 0.6 is 0 Å². The summed E-state index contributed by atoms with van der Waals surface area (Å²) in [5, 5.41) is 23.5. The Kier molecular flexibility index (Phi) is 6.16. The SMILES string of the molecule is NC(=O)c1ccc(Oc2ccc(CNCC3(O)CCCCC3)cc2F)cc1O. The molecule has 0 spiro atoms. The van der Waals surface area contributed by atoms with E-state index in [0.717, 1.165) is 37.7 Å². The Labute approximate surface area is 163 Å². The number of hydrogen-bond acceptors (Lipinski definition) is 5. The number of halogens is 1. The number of carbonyl (C=O) groups is 1. The summed E-state index contributed by atoms with van der Waals surface area (Å²) in [5.41, 5.74) is 5.16. The van der Waals surface area contributed by atoms with Crippen LogP contribution in [-0.2, 0) is 6.54 Å². The number of hydrogen-bond donors (Lipinski definition) is 4. The first-order valence-corrected chi connectivity index (χ1v) is 9.38. The van der Waals surface area contributed by atoms with Gasteiger partial charge in [-0.05, 0) is 42.7 Å². The quantitative estimate of drug-likeness (QED) is 0.583. The van der Waals surface area contributed by atoms with E-state index in [1.165, 1.54) is 30.3 Å². The molecule has 0 aromatic heterocycles. The van der Waals surface area contributed by atoms with Crippen LogP contribution in [-0.4, -0.2) is 28.3 Å². The van der Waals surface area contributed by atoms with Gasteiger partial charge in [0.15, 0.2) is 11.6 Å². The molecule has 1 aliphatic carbocycles. The fourth-order valence-corrected chi connectivity index (χ4v) is 3.47. The van der Waals surface area contributed by atoms with Crippen LogP contribution in [0.5, 0.6) is 17.2 Å². The Hall–Kier alpha value is -2.64. The minimum absolute atomic E-state index is 0.000819. The fraction of sp³-hybridized carbons (Fsp3) is 0.381. The van der Waals surface area contributed by atoms with Crippen molar-refractivity contribution in [2.75, 3.05) is 6.54 Å². The van der Waals surface area contributed by atoms with Crippen molar-refractivity contribution in [3.05, 3.63) is 53.3 Å². The topological polar surface area (TPSA) is 105 Å². The molecule has 0 aliphatic heterocycles. The van der Waals surface area contributed by atoms with E-state index >= 15 is 0 Å². The van der Waals surface area contributed by atoms with Crippen molar-refractivity contribution in [2.45, 2.75) is 44.2 Å². The van der Waals surface area contributed by atoms with Crippen LogP contribution in [0, 0.1) is 5.82 Å². The maximum Gasteiger partial charge on any atom is 0.252 e. The van der Waals surface area contributed by atoms with Crippen molar-refractivity contribution in [3.8, 4) is 17.2 Å². The Morgan fingerprint density at radius 1 is 1.18 bits per heavy atom. The molecule has 0 saturated heterocycles. The zero-order valence-corrected chi connectivity index (χ0v) is 15.6. The number of nitrogens with one attached hydrogen (secondary N) is 1. The summed E-state index contributed by atoms with van der Waals surface area (Å²) in [6, 6.07) is 8.55. The predicted molar refractivity (Wildman–Crippen MR) is 103 cm³/mol. The average Bonchev–Trinajstić information content (AvgIpc) is 2.64. The van der Waals surface area contributed by atoms with E-state index in [1.807, 2.05) is 0 Å². The molecule has 3 rings (SSSR count). The van der Waals surface area contributed by atoms with E-state index in [4.69, 9.17) is 10.5 Å². The van der Waals surface area contributed by atoms with Crippen molar-refractivity contribution in [1.82, 2.24) is 5.32 Å². The second-order valence-corrected chi connectivity index (χ2v) is 7.30. The Balaban J connectivity index is 1.59. The molecule has 6 nitrogen and oxygen atoms in total. The van der Waals surface area contributed by atoms with Gasteiger partial charge in [-0.1, -0.05) is 25.3 Å². The smallest absolute Gasteiger partial charge is 0.252 e. The Morgan fingerprint density at radius 3 is 2.57 bits per heavy atom. The lowest BCUT2D eigenvalue weighted by Crippen LogP contribution is -2.41. The van der Waals surface area contributed by atoms with Crippen molar-refractivity contribution < 1.29 is 24.1 Å². The van der Waals surface area contributed by atoms with E-state index in [9.17, 15) is 19.4 Å². The minimum Gasteiger partial charge on any atom is -0.507 e. The molecule has 0 unspecified atom stereocenters. The average molecular weight is 388 g/mol. The summed E-state index contributed by atoms with van der Waals surface area (Å²) in [4.78, 5) is 11.1. The minimum atomic E-state index is -0.759. The predicted octanol–water partition coefficient (Wildman–Crippen LogP) is 3.21. The number of carbonyl (C=O) groups excluding carboxylic acids is 1. The van der Waals surface area contributed by atoms with E-state index in [2.05, 4.69) is 5.32 Å². The molecular formula is C21H25FN2O4. The van der Waals surface area contributed by atoms with Gasteiger partial charge in [0.1, 0.15) is 11.5 Å². The first-order chi connectivity index (χ1) is 13.4. The van der Waals surface area contributed by atoms with Crippen LogP contribution in [0.25, 0.3) is 0 Å². The summed E-state index contributed by atoms with van der Waals surface area (Å²) >= 11 is 0. The van der Waals surface area contributed by atoms with Crippen LogP contribution in [0.1, 0.15) is 48.0 Å². The molecule has 28 heavy (non-hydrogen) atoms. The lowest BCUT2D eigenvalue weighted by molar-refractivity contribution is 0.00467. The largest absolute Gasteiger partial charge is 0.507 e. The summed E-state index contributed by atoms with van der Waals surface area (Å²) < 4.78 is 19.8. The third kappa shape index (κ3) is 4.99. The number of ether oxygens (including phenoxy) is 1. The maximum absolute atomic E-state index is 14.4. The second kappa shape index (κ2) is 8.58. The molecule has 1 amide bonds. The molecular weight excluding hydrogens is 363 g/mol. The summed E-state index contributed by atoms with van der Waals surface area (Å²) in [6.07, 6.45) is 4.83. The monoisotopic (exact) mass is 388 g/mol. The van der Waals surface area contributed by atoms with Crippen LogP contribution in [0.2, 0.25) is 0 Å². The van der Waals surface area contributed by atoms with Gasteiger partial charge in [-0.25, -0.2) is 4.39 Å². The lowest BCUT2D eigenvalue weighted by Gasteiger charge is -2.32. The van der Waals surface area contributed by atoms with Gasteiger partial charge in [0.25, 0.3) is 5.91 Å². The van der Waals surface area contributed by atoms with Crippen molar-refractivity contribution in [3.63, 3.8) is 0 Å². The highest BCUT2D eigenvalue weighted by Crippen LogP contribution is 2.30. The van der Waals surface area contributed by atoms with E-state index < -0.39 is 17.3 Å². The number of phenols is 1. The van der Waals surface area contributed by atoms with Crippen LogP contribution in [0.4, 0.5) is 4.39 Å². The molecule has 1 fully saturated rings. The normalized spacial score (nSPS) is 15.9. The van der Waals surface area contributed by atoms with E-state index in [-0.39, 0.29) is 22.8 Å².